The third-order valence-corrected chi connectivity index (χ3v) is 5.55. The zero-order valence-corrected chi connectivity index (χ0v) is 16.0. The third kappa shape index (κ3) is 3.77. The zero-order chi connectivity index (χ0) is 21.8. The molecule has 6 nitrogen and oxygen atoms in total. The first-order valence-electron chi connectivity index (χ1n) is 6.50. The van der Waals surface area contributed by atoms with Gasteiger partial charge in [0.1, 0.15) is 11.5 Å². The molecule has 1 aromatic carbocycles. The topological polar surface area (TPSA) is 95.1 Å². The van der Waals surface area contributed by atoms with Gasteiger partial charge in [0.2, 0.25) is 5.12 Å². The molecule has 0 atom stereocenters. The van der Waals surface area contributed by atoms with Gasteiger partial charge >= 0.3 is 11.7 Å². The van der Waals surface area contributed by atoms with E-state index in [0.29, 0.717) is 12.1 Å². The second-order valence-electron chi connectivity index (χ2n) is 5.02. The van der Waals surface area contributed by atoms with Crippen LogP contribution in [0.1, 0.15) is 16.1 Å². The highest BCUT2D eigenvalue weighted by Crippen LogP contribution is 2.41. The Hall–Kier alpha value is -1.64. The lowest BCUT2D eigenvalue weighted by Gasteiger charge is -2.13. The number of hydrogen-bond acceptors (Lipinski definition) is 5. The largest absolute Gasteiger partial charge is 0.502 e. The van der Waals surface area contributed by atoms with Crippen molar-refractivity contribution < 1.29 is 39.6 Å². The van der Waals surface area contributed by atoms with E-state index in [1.165, 1.54) is 0 Å². The number of halogens is 8. The number of thiol groups is 1. The minimum Gasteiger partial charge on any atom is -0.382 e. The Balaban J connectivity index is 2.88. The highest BCUT2D eigenvalue weighted by molar-refractivity contribution is 7.97. The van der Waals surface area contributed by atoms with Gasteiger partial charge in [0.25, 0.3) is 9.84 Å². The first-order chi connectivity index (χ1) is 12.5. The van der Waals surface area contributed by atoms with E-state index in [0.717, 1.165) is 0 Å². The molecule has 2 rings (SSSR count). The lowest BCUT2D eigenvalue weighted by Crippen LogP contribution is -2.25. The average Bonchev–Trinajstić information content (AvgIpc) is 2.82. The number of alkyl halides is 6. The molecule has 28 heavy (non-hydrogen) atoms. The van der Waals surface area contributed by atoms with E-state index < -0.39 is 64.3 Å². The molecule has 0 amide bonds. The molecule has 0 saturated heterocycles. The summed E-state index contributed by atoms with van der Waals surface area (Å²) in [5, 5.41) is 0.252. The van der Waals surface area contributed by atoms with Gasteiger partial charge in [-0.25, -0.2) is 13.1 Å². The van der Waals surface area contributed by atoms with E-state index in [2.05, 4.69) is 17.7 Å². The SMILES string of the molecule is Nc1c(S(=O)(=O)C(F)(F)F)c(C(=O)S)nn1-c1c(Cl)cc(C(F)(F)F)cc1Cl. The molecule has 2 N–H and O–H groups in total. The number of sulfone groups is 1. The van der Waals surface area contributed by atoms with Crippen molar-refractivity contribution in [2.45, 2.75) is 16.6 Å². The molecule has 0 spiro atoms. The molecular formula is C12H5Cl2F6N3O3S2. The van der Waals surface area contributed by atoms with Crippen molar-refractivity contribution in [1.29, 1.82) is 0 Å². The van der Waals surface area contributed by atoms with Gasteiger partial charge in [-0.15, -0.1) is 0 Å². The predicted molar refractivity (Wildman–Crippen MR) is 89.6 cm³/mol. The van der Waals surface area contributed by atoms with Crippen LogP contribution in [0.15, 0.2) is 17.0 Å². The standard InChI is InChI=1S/C12H5Cl2F6N3O3S2/c13-4-1-3(11(15,16)17)2-5(14)7(4)23-9(21)8(6(22-23)10(24)27)28(25,26)12(18,19)20/h1-2H,21H2,(H,24,27). The quantitative estimate of drug-likeness (QED) is 0.501. The normalized spacial score (nSPS) is 13.0. The van der Waals surface area contributed by atoms with Gasteiger partial charge in [-0.05, 0) is 12.1 Å². The van der Waals surface area contributed by atoms with E-state index in [-0.39, 0.29) is 4.68 Å². The van der Waals surface area contributed by atoms with Crippen molar-refractivity contribution in [3.63, 3.8) is 0 Å². The van der Waals surface area contributed by atoms with E-state index in [1.807, 2.05) is 0 Å². The Morgan fingerprint density at radius 3 is 1.93 bits per heavy atom. The van der Waals surface area contributed by atoms with Crippen LogP contribution in [0.2, 0.25) is 10.0 Å². The van der Waals surface area contributed by atoms with Crippen LogP contribution in [0, 0.1) is 0 Å². The summed E-state index contributed by atoms with van der Waals surface area (Å²) < 4.78 is 101. The van der Waals surface area contributed by atoms with Gasteiger partial charge in [0, 0.05) is 0 Å². The van der Waals surface area contributed by atoms with Gasteiger partial charge in [-0.1, -0.05) is 35.8 Å². The van der Waals surface area contributed by atoms with Crippen LogP contribution >= 0.6 is 35.8 Å². The zero-order valence-electron chi connectivity index (χ0n) is 12.7. The molecule has 16 heteroatoms. The number of rotatable bonds is 3. The van der Waals surface area contributed by atoms with Crippen molar-refractivity contribution in [1.82, 2.24) is 9.78 Å². The summed E-state index contributed by atoms with van der Waals surface area (Å²) in [6.07, 6.45) is -4.86. The summed E-state index contributed by atoms with van der Waals surface area (Å²) in [6.45, 7) is 0. The molecule has 1 aromatic heterocycles. The summed E-state index contributed by atoms with van der Waals surface area (Å²) >= 11 is 14.7. The number of carbonyl (C=O) groups excluding carboxylic acids is 1. The number of nitrogens with zero attached hydrogens (tertiary/aromatic N) is 2. The number of benzene rings is 1. The molecule has 0 aliphatic heterocycles. The number of anilines is 1. The molecule has 0 aliphatic carbocycles. The highest BCUT2D eigenvalue weighted by Gasteiger charge is 2.51. The molecule has 0 fully saturated rings. The molecule has 0 aliphatic rings. The van der Waals surface area contributed by atoms with Crippen LogP contribution in [0.5, 0.6) is 0 Å². The molecule has 0 unspecified atom stereocenters. The van der Waals surface area contributed by atoms with Gasteiger partial charge < -0.3 is 5.73 Å². The molecule has 2 aromatic rings. The maximum absolute atomic E-state index is 12.9. The van der Waals surface area contributed by atoms with Crippen molar-refractivity contribution in [2.75, 3.05) is 5.73 Å². The summed E-state index contributed by atoms with van der Waals surface area (Å²) in [6, 6.07) is 0.730. The first-order valence-corrected chi connectivity index (χ1v) is 9.18. The fourth-order valence-electron chi connectivity index (χ4n) is 2.04. The van der Waals surface area contributed by atoms with Gasteiger partial charge in [0.05, 0.1) is 15.6 Å². The third-order valence-electron chi connectivity index (χ3n) is 3.21. The lowest BCUT2D eigenvalue weighted by atomic mass is 10.2. The summed E-state index contributed by atoms with van der Waals surface area (Å²) in [7, 11) is -6.17. The van der Waals surface area contributed by atoms with Crippen molar-refractivity contribution in [3.8, 4) is 5.69 Å². The molecule has 0 radical (unpaired) electrons. The Kier molecular flexibility index (Phi) is 5.66. The number of nitrogens with two attached hydrogens (primary N) is 1. The second kappa shape index (κ2) is 7.00. The van der Waals surface area contributed by atoms with Crippen molar-refractivity contribution in [3.05, 3.63) is 33.4 Å². The minimum atomic E-state index is -6.17. The fraction of sp³-hybridized carbons (Fsp3) is 0.167. The fourth-order valence-corrected chi connectivity index (χ4v) is 3.90. The van der Waals surface area contributed by atoms with E-state index in [9.17, 15) is 39.6 Å². The number of hydrogen-bond donors (Lipinski definition) is 2. The Morgan fingerprint density at radius 2 is 1.57 bits per heavy atom. The predicted octanol–water partition coefficient (Wildman–Crippen LogP) is 4.14. The molecular weight excluding hydrogens is 483 g/mol. The minimum absolute atomic E-state index is 0.215. The Bertz CT molecular complexity index is 1060. The van der Waals surface area contributed by atoms with E-state index in [4.69, 9.17) is 28.9 Å². The second-order valence-corrected chi connectivity index (χ2v) is 8.11. The molecule has 154 valence electrons. The van der Waals surface area contributed by atoms with Crippen molar-refractivity contribution >= 4 is 56.6 Å². The smallest absolute Gasteiger partial charge is 0.382 e. The summed E-state index contributed by atoms with van der Waals surface area (Å²) in [5.74, 6) is -1.25. The van der Waals surface area contributed by atoms with Crippen LogP contribution in [0.4, 0.5) is 32.2 Å². The van der Waals surface area contributed by atoms with Crippen molar-refractivity contribution in [2.24, 2.45) is 0 Å². The van der Waals surface area contributed by atoms with Gasteiger partial charge in [-0.3, -0.25) is 4.79 Å². The van der Waals surface area contributed by atoms with Gasteiger partial charge in [0.15, 0.2) is 10.6 Å². The van der Waals surface area contributed by atoms with Gasteiger partial charge in [-0.2, -0.15) is 31.4 Å². The Labute approximate surface area is 167 Å². The van der Waals surface area contributed by atoms with E-state index in [1.54, 1.807) is 0 Å². The van der Waals surface area contributed by atoms with Crippen LogP contribution in [-0.4, -0.2) is 28.8 Å². The summed E-state index contributed by atoms with van der Waals surface area (Å²) in [5.41, 5.74) is -3.73. The van der Waals surface area contributed by atoms with Crippen LogP contribution in [0.25, 0.3) is 5.69 Å². The monoisotopic (exact) mass is 487 g/mol. The summed E-state index contributed by atoms with van der Waals surface area (Å²) in [4.78, 5) is 9.75. The number of nitrogen functional groups attached to an aromatic ring is 1. The number of aromatic nitrogens is 2. The molecule has 1 heterocycles. The first kappa shape index (κ1) is 22.6. The number of carbonyl (C=O) groups is 1. The van der Waals surface area contributed by atoms with E-state index >= 15 is 0 Å². The van der Waals surface area contributed by atoms with Crippen LogP contribution in [-0.2, 0) is 16.0 Å². The lowest BCUT2D eigenvalue weighted by molar-refractivity contribution is -0.137. The van der Waals surface area contributed by atoms with Crippen LogP contribution < -0.4 is 5.73 Å². The maximum atomic E-state index is 12.9. The molecule has 0 bridgehead atoms. The highest BCUT2D eigenvalue weighted by atomic mass is 35.5. The maximum Gasteiger partial charge on any atom is 0.502 e. The average molecular weight is 488 g/mol. The molecule has 0 saturated carbocycles. The van der Waals surface area contributed by atoms with Crippen LogP contribution in [0.3, 0.4) is 0 Å². The Morgan fingerprint density at radius 1 is 1.11 bits per heavy atom.